The molecule has 0 amide bonds. The predicted octanol–water partition coefficient (Wildman–Crippen LogP) is -1.03. The van der Waals surface area contributed by atoms with E-state index in [9.17, 15) is 0 Å². The molecule has 0 aromatic rings. The molecule has 20 valence electrons. The van der Waals surface area contributed by atoms with Gasteiger partial charge in [-0.15, -0.1) is 0 Å². The Kier molecular flexibility index (Phi) is 142. The standard InChI is InChI=1S/Al.H3N.Sc.Y.3H/h;1H3;;;;;. The van der Waals surface area contributed by atoms with Gasteiger partial charge in [0.1, 0.15) is 0 Å². The first-order chi connectivity index (χ1) is 0. The van der Waals surface area contributed by atoms with Crippen LogP contribution in [0.4, 0.5) is 0 Å². The smallest absolute Gasteiger partial charge is 0.187 e. The Balaban J connectivity index is 0. The fraction of sp³-hybridized carbons (Fsp3) is 0. The van der Waals surface area contributed by atoms with Gasteiger partial charge in [-0.3, -0.25) is 0 Å². The molecule has 0 bridgehead atoms. The molecule has 1 nitrogen and oxygen atoms in total. The minimum atomic E-state index is 0. The maximum absolute atomic E-state index is 0. The van der Waals surface area contributed by atoms with E-state index in [0.29, 0.717) is 0 Å². The first-order valence-electron chi connectivity index (χ1n) is 0. The Hall–Kier alpha value is 2.47. The monoisotopic (exact) mass is 181 g/mol. The largest absolute Gasteiger partial charge is 0.344 e. The van der Waals surface area contributed by atoms with E-state index >= 15 is 0 Å². The second-order valence-corrected chi connectivity index (χ2v) is 0. The zero-order valence-corrected chi connectivity index (χ0v) is 6.50. The molecule has 2 radical (unpaired) electrons. The first-order valence-corrected chi connectivity index (χ1v) is 0. The summed E-state index contributed by atoms with van der Waals surface area (Å²) < 4.78 is 0. The van der Waals surface area contributed by atoms with Crippen LogP contribution in [0.2, 0.25) is 0 Å². The second kappa shape index (κ2) is 17.9. The van der Waals surface area contributed by atoms with Crippen LogP contribution in [0.5, 0.6) is 0 Å². The van der Waals surface area contributed by atoms with Gasteiger partial charge in [-0.05, 0) is 0 Å². The molecule has 4 heteroatoms. The Bertz CT molecular complexity index is 8.00. The van der Waals surface area contributed by atoms with Crippen molar-refractivity contribution < 1.29 is 58.6 Å². The van der Waals surface area contributed by atoms with Gasteiger partial charge in [0.15, 0.2) is 17.4 Å². The summed E-state index contributed by atoms with van der Waals surface area (Å²) in [5.74, 6) is 0. The van der Waals surface area contributed by atoms with Crippen LogP contribution in [0, 0.1) is 0 Å². The molecule has 0 unspecified atom stereocenters. The normalized spacial score (nSPS) is 0. The predicted molar refractivity (Wildman–Crippen MR) is 15.0 cm³/mol. The minimum absolute atomic E-state index is 0. The summed E-state index contributed by atoms with van der Waals surface area (Å²) in [6.07, 6.45) is 0. The topological polar surface area (TPSA) is 35.0 Å². The molecule has 0 spiro atoms. The van der Waals surface area contributed by atoms with Crippen LogP contribution in [0.1, 0.15) is 0 Å². The van der Waals surface area contributed by atoms with Crippen LogP contribution in [0.3, 0.4) is 0 Å². The first kappa shape index (κ1) is 31.8. The average molecular weight is 181 g/mol. The van der Waals surface area contributed by atoms with Gasteiger partial charge in [0, 0.05) is 58.6 Å². The van der Waals surface area contributed by atoms with Crippen molar-refractivity contribution in [3.8, 4) is 0 Å². The van der Waals surface area contributed by atoms with Crippen LogP contribution in [0.25, 0.3) is 0 Å². The molecule has 0 aliphatic rings. The summed E-state index contributed by atoms with van der Waals surface area (Å²) in [7, 11) is 0. The van der Waals surface area contributed by atoms with Crippen LogP contribution in [0.15, 0.2) is 0 Å². The fourth-order valence-electron chi connectivity index (χ4n) is 0. The maximum Gasteiger partial charge on any atom is 0.187 e. The van der Waals surface area contributed by atoms with Crippen molar-refractivity contribution in [3.05, 3.63) is 0 Å². The third kappa shape index (κ3) is 8.82. The molecule has 0 aliphatic carbocycles. The van der Waals surface area contributed by atoms with E-state index in [1.54, 1.807) is 0 Å². The quantitative estimate of drug-likeness (QED) is 0.476. The molecule has 0 heterocycles. The van der Waals surface area contributed by atoms with Crippen molar-refractivity contribution in [1.82, 2.24) is 6.15 Å². The zero-order valence-electron chi connectivity index (χ0n) is 1.86. The Morgan fingerprint density at radius 1 is 1.00 bits per heavy atom. The molecule has 0 atom stereocenters. The molecule has 0 fully saturated rings. The minimum Gasteiger partial charge on any atom is -0.344 e. The summed E-state index contributed by atoms with van der Waals surface area (Å²) in [4.78, 5) is 0. The summed E-state index contributed by atoms with van der Waals surface area (Å²) in [5, 5.41) is 0. The molecule has 0 aliphatic heterocycles. The maximum atomic E-state index is 0. The summed E-state index contributed by atoms with van der Waals surface area (Å²) in [6, 6.07) is 0. The molecule has 0 aromatic heterocycles. The number of hydrogen-bond donors (Lipinski definition) is 1. The van der Waals surface area contributed by atoms with E-state index < -0.39 is 0 Å². The fourth-order valence-corrected chi connectivity index (χ4v) is 0. The molecule has 0 saturated heterocycles. The van der Waals surface area contributed by atoms with E-state index in [-0.39, 0.29) is 82.1 Å². The zero-order chi connectivity index (χ0) is 0. The van der Waals surface area contributed by atoms with Crippen LogP contribution in [-0.2, 0) is 58.6 Å². The third-order valence-electron chi connectivity index (χ3n) is 0. The van der Waals surface area contributed by atoms with Gasteiger partial charge in [0.2, 0.25) is 0 Å². The van der Waals surface area contributed by atoms with E-state index in [0.717, 1.165) is 0 Å². The molecule has 0 saturated carbocycles. The van der Waals surface area contributed by atoms with Crippen molar-refractivity contribution in [2.24, 2.45) is 0 Å². The summed E-state index contributed by atoms with van der Waals surface area (Å²) in [5.41, 5.74) is 0. The number of hydrogen-bond acceptors (Lipinski definition) is 1. The molecule has 3 N–H and O–H groups in total. The van der Waals surface area contributed by atoms with Crippen LogP contribution in [-0.4, -0.2) is 17.4 Å². The van der Waals surface area contributed by atoms with Gasteiger partial charge >= 0.3 is 0 Å². The van der Waals surface area contributed by atoms with Crippen molar-refractivity contribution in [3.63, 3.8) is 0 Å². The van der Waals surface area contributed by atoms with E-state index in [1.165, 1.54) is 0 Å². The Morgan fingerprint density at radius 3 is 1.00 bits per heavy atom. The average Bonchev–Trinajstić information content (AvgIpc) is 0. The van der Waals surface area contributed by atoms with Crippen molar-refractivity contribution in [1.29, 1.82) is 0 Å². The van der Waals surface area contributed by atoms with Crippen LogP contribution < -0.4 is 6.15 Å². The van der Waals surface area contributed by atoms with Gasteiger partial charge in [-0.25, -0.2) is 0 Å². The van der Waals surface area contributed by atoms with Crippen molar-refractivity contribution >= 4 is 17.4 Å². The molecule has 4 heavy (non-hydrogen) atoms. The summed E-state index contributed by atoms with van der Waals surface area (Å²) >= 11 is 0. The third-order valence-corrected chi connectivity index (χ3v) is 0. The Labute approximate surface area is 80.7 Å². The van der Waals surface area contributed by atoms with Crippen LogP contribution >= 0.6 is 0 Å². The van der Waals surface area contributed by atoms with E-state index in [2.05, 4.69) is 0 Å². The SMILES string of the molecule is N.[AlH3].[Sc].[Y]. The second-order valence-electron chi connectivity index (χ2n) is 0. The molecular weight excluding hydrogens is 175 g/mol. The van der Waals surface area contributed by atoms with Gasteiger partial charge in [-0.2, -0.15) is 0 Å². The van der Waals surface area contributed by atoms with Crippen molar-refractivity contribution in [2.75, 3.05) is 0 Å². The summed E-state index contributed by atoms with van der Waals surface area (Å²) in [6.45, 7) is 0. The van der Waals surface area contributed by atoms with E-state index in [1.807, 2.05) is 0 Å². The number of rotatable bonds is 0. The van der Waals surface area contributed by atoms with Gasteiger partial charge in [-0.1, -0.05) is 0 Å². The van der Waals surface area contributed by atoms with Gasteiger partial charge < -0.3 is 6.15 Å². The Morgan fingerprint density at radius 2 is 1.00 bits per heavy atom. The van der Waals surface area contributed by atoms with E-state index in [4.69, 9.17) is 0 Å². The molecule has 0 rings (SSSR count). The van der Waals surface area contributed by atoms with Crippen molar-refractivity contribution in [2.45, 2.75) is 0 Å². The molecular formula is H6AlNScY. The molecule has 0 aromatic carbocycles. The van der Waals surface area contributed by atoms with Gasteiger partial charge in [0.25, 0.3) is 0 Å². The van der Waals surface area contributed by atoms with Gasteiger partial charge in [0.05, 0.1) is 0 Å².